The number of oxazole rings is 1. The Kier molecular flexibility index (Phi) is 3.52. The Labute approximate surface area is 140 Å². The van der Waals surface area contributed by atoms with Crippen molar-refractivity contribution in [1.82, 2.24) is 20.4 Å². The van der Waals surface area contributed by atoms with Crippen LogP contribution in [0.15, 0.2) is 51.7 Å². The van der Waals surface area contributed by atoms with Crippen LogP contribution in [-0.4, -0.2) is 20.4 Å². The maximum absolute atomic E-state index is 11.2. The maximum atomic E-state index is 11.2. The minimum Gasteiger partial charge on any atom is -0.489 e. The highest BCUT2D eigenvalue weighted by atomic mass is 16.5. The highest BCUT2D eigenvalue weighted by molar-refractivity contribution is 5.73. The van der Waals surface area contributed by atoms with Crippen LogP contribution in [0.1, 0.15) is 11.3 Å². The summed E-state index contributed by atoms with van der Waals surface area (Å²) in [5, 5.41) is 19.2. The number of rotatable bonds is 4. The first kappa shape index (κ1) is 14.7. The Morgan fingerprint density at radius 1 is 1.24 bits per heavy atom. The van der Waals surface area contributed by atoms with E-state index in [1.807, 2.05) is 30.3 Å². The standard InChI is InChI=1S/C17H11N5O3/c18-8-14-16(21-22-20-14)11-3-1-2-10(6-11)9-24-12-4-5-13-15(7-12)25-17(23)19-13/h1-7H,9H2,(H,19,23)(H,20,21,22). The fraction of sp³-hybridized carbons (Fsp3) is 0.0588. The van der Waals surface area contributed by atoms with Crippen molar-refractivity contribution in [1.29, 1.82) is 5.26 Å². The topological polar surface area (TPSA) is 121 Å². The summed E-state index contributed by atoms with van der Waals surface area (Å²) in [6.07, 6.45) is 0. The van der Waals surface area contributed by atoms with Crippen molar-refractivity contribution in [2.24, 2.45) is 0 Å². The molecule has 0 spiro atoms. The van der Waals surface area contributed by atoms with E-state index in [2.05, 4.69) is 20.4 Å². The van der Waals surface area contributed by atoms with Gasteiger partial charge in [-0.2, -0.15) is 5.26 Å². The Balaban J connectivity index is 1.55. The second-order valence-corrected chi connectivity index (χ2v) is 5.31. The number of ether oxygens (including phenoxy) is 1. The van der Waals surface area contributed by atoms with E-state index in [0.29, 0.717) is 34.8 Å². The van der Waals surface area contributed by atoms with E-state index in [4.69, 9.17) is 14.4 Å². The van der Waals surface area contributed by atoms with E-state index in [1.165, 1.54) is 0 Å². The number of benzene rings is 2. The average Bonchev–Trinajstić information content (AvgIpc) is 3.25. The summed E-state index contributed by atoms with van der Waals surface area (Å²) in [6, 6.07) is 14.6. The van der Waals surface area contributed by atoms with Gasteiger partial charge in [-0.3, -0.25) is 4.98 Å². The summed E-state index contributed by atoms with van der Waals surface area (Å²) < 4.78 is 10.8. The van der Waals surface area contributed by atoms with Crippen LogP contribution in [0.3, 0.4) is 0 Å². The van der Waals surface area contributed by atoms with Crippen LogP contribution in [0.5, 0.6) is 5.75 Å². The molecule has 8 nitrogen and oxygen atoms in total. The number of hydrogen-bond donors (Lipinski definition) is 2. The van der Waals surface area contributed by atoms with Gasteiger partial charge in [0.2, 0.25) is 0 Å². The van der Waals surface area contributed by atoms with Crippen molar-refractivity contribution < 1.29 is 9.15 Å². The van der Waals surface area contributed by atoms with E-state index in [0.717, 1.165) is 11.1 Å². The first-order valence-electron chi connectivity index (χ1n) is 7.39. The molecule has 2 heterocycles. The number of hydrogen-bond acceptors (Lipinski definition) is 6. The fourth-order valence-corrected chi connectivity index (χ4v) is 2.50. The van der Waals surface area contributed by atoms with Crippen molar-refractivity contribution in [3.63, 3.8) is 0 Å². The lowest BCUT2D eigenvalue weighted by atomic mass is 10.1. The Hall–Kier alpha value is -3.86. The molecule has 0 unspecified atom stereocenters. The van der Waals surface area contributed by atoms with Crippen LogP contribution < -0.4 is 10.5 Å². The zero-order valence-electron chi connectivity index (χ0n) is 12.8. The second-order valence-electron chi connectivity index (χ2n) is 5.31. The SMILES string of the molecule is N#Cc1[nH]nnc1-c1cccc(COc2ccc3[nH]c(=O)oc3c2)c1. The molecule has 0 aliphatic heterocycles. The van der Waals surface area contributed by atoms with Gasteiger partial charge < -0.3 is 9.15 Å². The maximum Gasteiger partial charge on any atom is 0.417 e. The summed E-state index contributed by atoms with van der Waals surface area (Å²) in [7, 11) is 0. The van der Waals surface area contributed by atoms with E-state index >= 15 is 0 Å². The molecule has 0 saturated carbocycles. The first-order valence-corrected chi connectivity index (χ1v) is 7.39. The molecule has 0 aliphatic carbocycles. The summed E-state index contributed by atoms with van der Waals surface area (Å²) in [5.74, 6) is 0.0839. The molecule has 0 atom stereocenters. The van der Waals surface area contributed by atoms with Gasteiger partial charge in [-0.15, -0.1) is 5.10 Å². The van der Waals surface area contributed by atoms with Crippen LogP contribution >= 0.6 is 0 Å². The number of aromatic amines is 2. The first-order chi connectivity index (χ1) is 12.2. The molecular weight excluding hydrogens is 322 g/mol. The molecule has 0 fully saturated rings. The summed E-state index contributed by atoms with van der Waals surface area (Å²) in [4.78, 5) is 13.8. The number of nitriles is 1. The molecule has 0 aliphatic rings. The zero-order chi connectivity index (χ0) is 17.2. The number of nitrogens with zero attached hydrogens (tertiary/aromatic N) is 3. The van der Waals surface area contributed by atoms with Gasteiger partial charge in [0.1, 0.15) is 24.1 Å². The normalized spacial score (nSPS) is 10.7. The van der Waals surface area contributed by atoms with Gasteiger partial charge in [0.25, 0.3) is 0 Å². The van der Waals surface area contributed by atoms with Gasteiger partial charge in [-0.25, -0.2) is 9.89 Å². The third-order valence-electron chi connectivity index (χ3n) is 3.66. The van der Waals surface area contributed by atoms with Crippen LogP contribution in [0.25, 0.3) is 22.4 Å². The fourth-order valence-electron chi connectivity index (χ4n) is 2.50. The third-order valence-corrected chi connectivity index (χ3v) is 3.66. The Bertz CT molecular complexity index is 1150. The quantitative estimate of drug-likeness (QED) is 0.591. The van der Waals surface area contributed by atoms with Crippen molar-refractivity contribution in [2.75, 3.05) is 0 Å². The predicted molar refractivity (Wildman–Crippen MR) is 87.7 cm³/mol. The highest BCUT2D eigenvalue weighted by Gasteiger charge is 2.10. The van der Waals surface area contributed by atoms with Crippen molar-refractivity contribution in [3.8, 4) is 23.1 Å². The van der Waals surface area contributed by atoms with Gasteiger partial charge >= 0.3 is 5.76 Å². The molecule has 2 N–H and O–H groups in total. The molecule has 0 saturated heterocycles. The molecule has 0 bridgehead atoms. The Morgan fingerprint density at radius 3 is 3.04 bits per heavy atom. The van der Waals surface area contributed by atoms with Crippen LogP contribution in [0, 0.1) is 11.3 Å². The van der Waals surface area contributed by atoms with Gasteiger partial charge in [0.15, 0.2) is 11.3 Å². The van der Waals surface area contributed by atoms with Gasteiger partial charge in [0.05, 0.1) is 5.52 Å². The molecule has 0 amide bonds. The van der Waals surface area contributed by atoms with Crippen molar-refractivity contribution in [3.05, 3.63) is 64.3 Å². The highest BCUT2D eigenvalue weighted by Crippen LogP contribution is 2.22. The number of H-pyrrole nitrogens is 2. The van der Waals surface area contributed by atoms with Crippen LogP contribution in [-0.2, 0) is 6.61 Å². The molecule has 25 heavy (non-hydrogen) atoms. The van der Waals surface area contributed by atoms with Gasteiger partial charge in [-0.1, -0.05) is 23.4 Å². The molecule has 2 aromatic heterocycles. The number of fused-ring (bicyclic) bond motifs is 1. The molecule has 2 aromatic carbocycles. The van der Waals surface area contributed by atoms with Gasteiger partial charge in [-0.05, 0) is 23.8 Å². The molecular formula is C17H11N5O3. The smallest absolute Gasteiger partial charge is 0.417 e. The van der Waals surface area contributed by atoms with E-state index in [-0.39, 0.29) is 0 Å². The van der Waals surface area contributed by atoms with E-state index in [1.54, 1.807) is 18.2 Å². The van der Waals surface area contributed by atoms with Crippen LogP contribution in [0.2, 0.25) is 0 Å². The third kappa shape index (κ3) is 2.86. The lowest BCUT2D eigenvalue weighted by molar-refractivity contribution is 0.306. The molecule has 8 heteroatoms. The van der Waals surface area contributed by atoms with E-state index in [9.17, 15) is 4.79 Å². The largest absolute Gasteiger partial charge is 0.489 e. The average molecular weight is 333 g/mol. The number of nitrogens with one attached hydrogen (secondary N) is 2. The monoisotopic (exact) mass is 333 g/mol. The second kappa shape index (κ2) is 5.98. The lowest BCUT2D eigenvalue weighted by Gasteiger charge is -2.07. The van der Waals surface area contributed by atoms with Crippen LogP contribution in [0.4, 0.5) is 0 Å². The summed E-state index contributed by atoms with van der Waals surface area (Å²) in [6.45, 7) is 0.313. The molecule has 0 radical (unpaired) electrons. The van der Waals surface area contributed by atoms with Crippen molar-refractivity contribution >= 4 is 11.1 Å². The van der Waals surface area contributed by atoms with Gasteiger partial charge in [0, 0.05) is 11.6 Å². The zero-order valence-corrected chi connectivity index (χ0v) is 12.8. The minimum absolute atomic E-state index is 0.311. The number of aromatic nitrogens is 4. The molecule has 122 valence electrons. The minimum atomic E-state index is -0.499. The molecule has 4 aromatic rings. The summed E-state index contributed by atoms with van der Waals surface area (Å²) >= 11 is 0. The Morgan fingerprint density at radius 2 is 2.16 bits per heavy atom. The summed E-state index contributed by atoms with van der Waals surface area (Å²) in [5.41, 5.74) is 3.55. The predicted octanol–water partition coefficient (Wildman–Crippen LogP) is 2.36. The molecule has 4 rings (SSSR count). The lowest BCUT2D eigenvalue weighted by Crippen LogP contribution is -1.96. The van der Waals surface area contributed by atoms with Crippen molar-refractivity contribution in [2.45, 2.75) is 6.61 Å². The van der Waals surface area contributed by atoms with E-state index < -0.39 is 5.76 Å².